The smallest absolute Gasteiger partial charge is 0.414 e. The van der Waals surface area contributed by atoms with Gasteiger partial charge in [0, 0.05) is 12.5 Å². The van der Waals surface area contributed by atoms with E-state index in [4.69, 9.17) is 16.2 Å². The number of nitrogens with two attached hydrogens (primary N) is 2. The topological polar surface area (TPSA) is 138 Å². The lowest BCUT2D eigenvalue weighted by atomic mass is 10.1. The van der Waals surface area contributed by atoms with Crippen molar-refractivity contribution in [2.45, 2.75) is 13.0 Å². The largest absolute Gasteiger partial charge is 0.452 e. The molecule has 0 aliphatic carbocycles. The number of pyridine rings is 1. The van der Waals surface area contributed by atoms with Crippen molar-refractivity contribution < 1.29 is 22.7 Å². The van der Waals surface area contributed by atoms with Crippen LogP contribution in [0.5, 0.6) is 0 Å². The van der Waals surface area contributed by atoms with Crippen molar-refractivity contribution in [3.8, 4) is 5.95 Å². The Labute approximate surface area is 219 Å². The van der Waals surface area contributed by atoms with Crippen LogP contribution < -0.4 is 16.4 Å². The van der Waals surface area contributed by atoms with Crippen molar-refractivity contribution in [2.75, 3.05) is 23.5 Å². The molecule has 3 aromatic heterocycles. The number of nitrogen functional groups attached to an aromatic ring is 2. The SMILES string of the molecule is COC(=O)N(Cc1ccc(F)cc1)c1c(N)nc(-n2nc(Cc3ccccc3F)c3ncc(F)cc32)nc1N. The van der Waals surface area contributed by atoms with E-state index >= 15 is 0 Å². The normalized spacial score (nSPS) is 11.1. The first-order chi connectivity index (χ1) is 18.7. The van der Waals surface area contributed by atoms with E-state index < -0.39 is 23.5 Å². The van der Waals surface area contributed by atoms with Gasteiger partial charge < -0.3 is 16.2 Å². The highest BCUT2D eigenvalue weighted by Gasteiger charge is 2.26. The molecular formula is C26H21F3N8O2. The van der Waals surface area contributed by atoms with Crippen LogP contribution in [0.3, 0.4) is 0 Å². The number of anilines is 3. The molecular weight excluding hydrogens is 513 g/mol. The van der Waals surface area contributed by atoms with Crippen LogP contribution in [0.25, 0.3) is 17.0 Å². The molecule has 0 saturated carbocycles. The number of amides is 1. The van der Waals surface area contributed by atoms with Gasteiger partial charge in [0.1, 0.15) is 28.7 Å². The highest BCUT2D eigenvalue weighted by atomic mass is 19.1. The third-order valence-corrected chi connectivity index (χ3v) is 5.91. The maximum atomic E-state index is 14.3. The Hall–Kier alpha value is -5.20. The van der Waals surface area contributed by atoms with Gasteiger partial charge in [-0.25, -0.2) is 22.9 Å². The number of rotatable bonds is 6. The average Bonchev–Trinajstić information content (AvgIpc) is 3.26. The van der Waals surface area contributed by atoms with Crippen molar-refractivity contribution in [3.63, 3.8) is 0 Å². The van der Waals surface area contributed by atoms with Gasteiger partial charge in [0.25, 0.3) is 5.95 Å². The second-order valence-corrected chi connectivity index (χ2v) is 8.47. The monoisotopic (exact) mass is 534 g/mol. The van der Waals surface area contributed by atoms with Gasteiger partial charge in [-0.15, -0.1) is 0 Å². The zero-order valence-electron chi connectivity index (χ0n) is 20.5. The van der Waals surface area contributed by atoms with Crippen molar-refractivity contribution >= 4 is 34.4 Å². The zero-order valence-corrected chi connectivity index (χ0v) is 20.5. The quantitative estimate of drug-likeness (QED) is 0.331. The van der Waals surface area contributed by atoms with E-state index in [0.29, 0.717) is 22.3 Å². The van der Waals surface area contributed by atoms with E-state index in [-0.39, 0.29) is 41.8 Å². The van der Waals surface area contributed by atoms with Crippen molar-refractivity contribution in [2.24, 2.45) is 0 Å². The van der Waals surface area contributed by atoms with Gasteiger partial charge in [0.15, 0.2) is 11.6 Å². The minimum absolute atomic E-state index is 0.0396. The maximum absolute atomic E-state index is 14.3. The number of hydrogen-bond donors (Lipinski definition) is 2. The summed E-state index contributed by atoms with van der Waals surface area (Å²) in [5, 5.41) is 4.47. The molecule has 0 spiro atoms. The molecule has 0 unspecified atom stereocenters. The standard InChI is InChI=1S/C26H21F3N8O2/c1-39-26(38)36(13-14-6-8-16(27)9-7-14)22-23(30)33-25(34-24(22)31)37-20-11-17(28)12-32-21(20)19(35-37)10-15-4-2-3-5-18(15)29/h2-9,11-12H,10,13H2,1H3,(H4,30,31,33,34). The third-order valence-electron chi connectivity index (χ3n) is 5.91. The molecule has 4 N–H and O–H groups in total. The summed E-state index contributed by atoms with van der Waals surface area (Å²) in [5.41, 5.74) is 14.2. The Morgan fingerprint density at radius 2 is 1.69 bits per heavy atom. The molecule has 0 aliphatic rings. The number of hydrogen-bond acceptors (Lipinski definition) is 8. The molecule has 39 heavy (non-hydrogen) atoms. The van der Waals surface area contributed by atoms with Crippen LogP contribution in [0.15, 0.2) is 60.8 Å². The first-order valence-electron chi connectivity index (χ1n) is 11.5. The molecule has 0 saturated heterocycles. The fourth-order valence-corrected chi connectivity index (χ4v) is 4.09. The number of halogens is 3. The van der Waals surface area contributed by atoms with Crippen molar-refractivity contribution in [3.05, 3.63) is 95.1 Å². The second-order valence-electron chi connectivity index (χ2n) is 8.47. The Bertz CT molecular complexity index is 1670. The van der Waals surface area contributed by atoms with Crippen LogP contribution in [0.1, 0.15) is 16.8 Å². The number of fused-ring (bicyclic) bond motifs is 1. The fourth-order valence-electron chi connectivity index (χ4n) is 4.09. The fraction of sp³-hybridized carbons (Fsp3) is 0.115. The first-order valence-corrected chi connectivity index (χ1v) is 11.5. The summed E-state index contributed by atoms with van der Waals surface area (Å²) >= 11 is 0. The molecule has 13 heteroatoms. The molecule has 0 aliphatic heterocycles. The summed E-state index contributed by atoms with van der Waals surface area (Å²) in [4.78, 5) is 26.4. The average molecular weight is 535 g/mol. The van der Waals surface area contributed by atoms with Crippen LogP contribution in [0.2, 0.25) is 0 Å². The summed E-state index contributed by atoms with van der Waals surface area (Å²) in [6.07, 6.45) is 0.276. The van der Waals surface area contributed by atoms with Gasteiger partial charge in [-0.2, -0.15) is 19.7 Å². The number of carbonyl (C=O) groups is 1. The van der Waals surface area contributed by atoms with Gasteiger partial charge in [-0.05, 0) is 29.3 Å². The predicted molar refractivity (Wildman–Crippen MR) is 137 cm³/mol. The van der Waals surface area contributed by atoms with Crippen LogP contribution >= 0.6 is 0 Å². The van der Waals surface area contributed by atoms with Gasteiger partial charge in [0.05, 0.1) is 31.1 Å². The number of aromatic nitrogens is 5. The lowest BCUT2D eigenvalue weighted by molar-refractivity contribution is 0.178. The number of nitrogens with zero attached hydrogens (tertiary/aromatic N) is 6. The van der Waals surface area contributed by atoms with Gasteiger partial charge in [0.2, 0.25) is 0 Å². The van der Waals surface area contributed by atoms with Gasteiger partial charge in [-0.3, -0.25) is 4.90 Å². The molecule has 0 bridgehead atoms. The number of methoxy groups -OCH3 is 1. The minimum Gasteiger partial charge on any atom is -0.452 e. The van der Waals surface area contributed by atoms with Gasteiger partial charge >= 0.3 is 6.09 Å². The van der Waals surface area contributed by atoms with E-state index in [0.717, 1.165) is 11.1 Å². The van der Waals surface area contributed by atoms with Crippen LogP contribution in [0.4, 0.5) is 35.3 Å². The molecule has 0 radical (unpaired) electrons. The maximum Gasteiger partial charge on any atom is 0.414 e. The van der Waals surface area contributed by atoms with E-state index in [1.807, 2.05) is 0 Å². The summed E-state index contributed by atoms with van der Waals surface area (Å²) < 4.78 is 48.0. The van der Waals surface area contributed by atoms with Gasteiger partial charge in [-0.1, -0.05) is 30.3 Å². The van der Waals surface area contributed by atoms with E-state index in [9.17, 15) is 18.0 Å². The van der Waals surface area contributed by atoms with E-state index in [2.05, 4.69) is 20.1 Å². The van der Waals surface area contributed by atoms with Crippen molar-refractivity contribution in [1.29, 1.82) is 0 Å². The number of ether oxygens (including phenoxy) is 1. The Morgan fingerprint density at radius 1 is 1.00 bits per heavy atom. The molecule has 0 atom stereocenters. The summed E-state index contributed by atoms with van der Waals surface area (Å²) in [7, 11) is 1.18. The molecule has 3 heterocycles. The Balaban J connectivity index is 1.59. The first kappa shape index (κ1) is 25.4. The Kier molecular flexibility index (Phi) is 6.71. The van der Waals surface area contributed by atoms with E-state index in [1.54, 1.807) is 18.2 Å². The predicted octanol–water partition coefficient (Wildman–Crippen LogP) is 4.16. The van der Waals surface area contributed by atoms with Crippen LogP contribution in [-0.4, -0.2) is 37.9 Å². The molecule has 5 rings (SSSR count). The van der Waals surface area contributed by atoms with Crippen LogP contribution in [0, 0.1) is 17.5 Å². The summed E-state index contributed by atoms with van der Waals surface area (Å²) in [5.74, 6) is -2.04. The summed E-state index contributed by atoms with van der Waals surface area (Å²) in [6, 6.07) is 12.8. The highest BCUT2D eigenvalue weighted by Crippen LogP contribution is 2.31. The second kappa shape index (κ2) is 10.3. The summed E-state index contributed by atoms with van der Waals surface area (Å²) in [6.45, 7) is -0.0727. The molecule has 1 amide bonds. The number of benzene rings is 2. The van der Waals surface area contributed by atoms with Crippen LogP contribution in [-0.2, 0) is 17.7 Å². The Morgan fingerprint density at radius 3 is 2.36 bits per heavy atom. The molecule has 10 nitrogen and oxygen atoms in total. The number of carbonyl (C=O) groups excluding carboxylic acids is 1. The lowest BCUT2D eigenvalue weighted by Gasteiger charge is -2.23. The highest BCUT2D eigenvalue weighted by molar-refractivity contribution is 5.95. The molecule has 2 aromatic carbocycles. The lowest BCUT2D eigenvalue weighted by Crippen LogP contribution is -2.32. The molecule has 198 valence electrons. The minimum atomic E-state index is -0.808. The third kappa shape index (κ3) is 5.01. The van der Waals surface area contributed by atoms with Crippen molar-refractivity contribution in [1.82, 2.24) is 24.7 Å². The zero-order chi connectivity index (χ0) is 27.7. The van der Waals surface area contributed by atoms with E-state index in [1.165, 1.54) is 48.2 Å². The molecule has 5 aromatic rings. The molecule has 0 fully saturated rings.